The van der Waals surface area contributed by atoms with E-state index in [-0.39, 0.29) is 37.8 Å². The number of aliphatic imine (C=N–C) groups is 1. The van der Waals surface area contributed by atoms with Gasteiger partial charge in [-0.15, -0.1) is 0 Å². The molecule has 1 fully saturated rings. The van der Waals surface area contributed by atoms with Crippen LogP contribution in [0.3, 0.4) is 0 Å². The highest BCUT2D eigenvalue weighted by atomic mass is 32.1. The smallest absolute Gasteiger partial charge is 0.322 e. The maximum atomic E-state index is 13.6. The van der Waals surface area contributed by atoms with Crippen LogP contribution in [0.15, 0.2) is 35.3 Å². The Labute approximate surface area is 244 Å². The number of thiol groups is 1. The second-order valence-electron chi connectivity index (χ2n) is 9.52. The average Bonchev–Trinajstić information content (AvgIpc) is 3.43. The maximum absolute atomic E-state index is 13.6. The van der Waals surface area contributed by atoms with Crippen molar-refractivity contribution >= 4 is 48.2 Å². The lowest BCUT2D eigenvalue weighted by Crippen LogP contribution is -2.57. The van der Waals surface area contributed by atoms with E-state index in [0.717, 1.165) is 5.56 Å². The van der Waals surface area contributed by atoms with Gasteiger partial charge in [0.25, 0.3) is 0 Å². The van der Waals surface area contributed by atoms with Gasteiger partial charge < -0.3 is 42.7 Å². The lowest BCUT2D eigenvalue weighted by atomic mass is 10.0. The highest BCUT2D eigenvalue weighted by molar-refractivity contribution is 7.80. The minimum absolute atomic E-state index is 0.00518. The topological polar surface area (TPSA) is 221 Å². The number of carboxylic acids is 1. The monoisotopic (exact) mass is 592 g/mol. The Balaban J connectivity index is 2.15. The largest absolute Gasteiger partial charge is 0.480 e. The number of carbonyl (C=O) groups is 5. The first kappa shape index (κ1) is 33.4. The first-order valence-corrected chi connectivity index (χ1v) is 14.1. The van der Waals surface area contributed by atoms with Crippen molar-refractivity contribution in [3.05, 3.63) is 35.9 Å². The van der Waals surface area contributed by atoms with Gasteiger partial charge >= 0.3 is 5.97 Å². The minimum Gasteiger partial charge on any atom is -0.480 e. The molecule has 0 unspecified atom stereocenters. The predicted octanol–water partition coefficient (Wildman–Crippen LogP) is -2.04. The van der Waals surface area contributed by atoms with Crippen LogP contribution in [0.1, 0.15) is 31.2 Å². The first-order valence-electron chi connectivity index (χ1n) is 13.4. The maximum Gasteiger partial charge on any atom is 0.322 e. The third-order valence-electron chi connectivity index (χ3n) is 6.32. The summed E-state index contributed by atoms with van der Waals surface area (Å²) >= 11 is 4.09. The van der Waals surface area contributed by atoms with Crippen molar-refractivity contribution in [3.8, 4) is 0 Å². The molecule has 0 aromatic heterocycles. The second-order valence-corrected chi connectivity index (χ2v) is 9.97. The van der Waals surface area contributed by atoms with Gasteiger partial charge in [0.05, 0.1) is 6.54 Å². The lowest BCUT2D eigenvalue weighted by Gasteiger charge is -2.30. The van der Waals surface area contributed by atoms with E-state index >= 15 is 0 Å². The number of nitrogens with two attached hydrogens (primary N) is 2. The van der Waals surface area contributed by atoms with Crippen molar-refractivity contribution in [1.29, 1.82) is 0 Å². The fourth-order valence-electron chi connectivity index (χ4n) is 4.40. The Morgan fingerprint density at radius 1 is 1.07 bits per heavy atom. The molecule has 226 valence electrons. The fourth-order valence-corrected chi connectivity index (χ4v) is 4.56. The summed E-state index contributed by atoms with van der Waals surface area (Å²) in [6.07, 6.45) is 1.70. The van der Waals surface area contributed by atoms with Crippen molar-refractivity contribution in [2.24, 2.45) is 16.5 Å². The third kappa shape index (κ3) is 12.0. The molecule has 41 heavy (non-hydrogen) atoms. The number of amides is 4. The molecule has 1 saturated heterocycles. The van der Waals surface area contributed by atoms with Gasteiger partial charge in [0.15, 0.2) is 5.96 Å². The summed E-state index contributed by atoms with van der Waals surface area (Å²) in [6, 6.07) is 6.12. The van der Waals surface area contributed by atoms with Crippen LogP contribution in [0, 0.1) is 0 Å². The molecule has 1 aliphatic heterocycles. The van der Waals surface area contributed by atoms with Crippen molar-refractivity contribution in [2.45, 2.75) is 50.2 Å². The highest BCUT2D eigenvalue weighted by Gasteiger charge is 2.38. The zero-order valence-corrected chi connectivity index (χ0v) is 23.8. The molecule has 0 spiro atoms. The van der Waals surface area contributed by atoms with Gasteiger partial charge in [0.2, 0.25) is 23.6 Å². The Hall–Kier alpha value is -3.85. The Bertz CT molecular complexity index is 1070. The van der Waals surface area contributed by atoms with E-state index in [2.05, 4.69) is 38.9 Å². The Kier molecular flexibility index (Phi) is 14.4. The van der Waals surface area contributed by atoms with Crippen molar-refractivity contribution < 1.29 is 29.1 Å². The summed E-state index contributed by atoms with van der Waals surface area (Å²) in [4.78, 5) is 68.6. The standard InChI is InChI=1S/C26H40N8O6S/c27-26(28)30-10-4-8-18(32-21(35)15-29-11-13-41)25(40)34-12-5-9-20(34)24(39)33-19(23(38)31-16-22(36)37)14-17-6-2-1-3-7-17/h1-3,6-7,18-20,29,41H,4-5,8-16H2,(H,31,38)(H,32,35)(H,33,39)(H,36,37)(H4,27,28,30)/t18-,19-,20-/m0/s1. The van der Waals surface area contributed by atoms with Crippen LogP contribution in [0.4, 0.5) is 0 Å². The molecule has 9 N–H and O–H groups in total. The van der Waals surface area contributed by atoms with Crippen molar-refractivity contribution in [1.82, 2.24) is 26.2 Å². The summed E-state index contributed by atoms with van der Waals surface area (Å²) in [5.41, 5.74) is 11.5. The Morgan fingerprint density at radius 2 is 1.80 bits per heavy atom. The molecule has 2 rings (SSSR count). The molecule has 14 nitrogen and oxygen atoms in total. The summed E-state index contributed by atoms with van der Waals surface area (Å²) < 4.78 is 0. The number of nitrogens with zero attached hydrogens (tertiary/aromatic N) is 2. The van der Waals surface area contributed by atoms with Crippen LogP contribution in [0.5, 0.6) is 0 Å². The number of carbonyl (C=O) groups excluding carboxylic acids is 4. The number of guanidine groups is 1. The van der Waals surface area contributed by atoms with Gasteiger partial charge in [-0.2, -0.15) is 12.6 Å². The van der Waals surface area contributed by atoms with E-state index < -0.39 is 48.4 Å². The molecule has 15 heteroatoms. The number of likely N-dealkylation sites (tertiary alicyclic amines) is 1. The minimum atomic E-state index is -1.22. The molecular weight excluding hydrogens is 552 g/mol. The van der Waals surface area contributed by atoms with E-state index in [1.807, 2.05) is 6.07 Å². The molecule has 1 aliphatic rings. The van der Waals surface area contributed by atoms with Crippen LogP contribution >= 0.6 is 12.6 Å². The molecule has 4 amide bonds. The van der Waals surface area contributed by atoms with Gasteiger partial charge in [-0.3, -0.25) is 29.0 Å². The zero-order chi connectivity index (χ0) is 30.2. The first-order chi connectivity index (χ1) is 19.6. The van der Waals surface area contributed by atoms with Crippen LogP contribution in [0.2, 0.25) is 0 Å². The fraction of sp³-hybridized carbons (Fsp3) is 0.538. The average molecular weight is 593 g/mol. The van der Waals surface area contributed by atoms with Gasteiger partial charge in [-0.25, -0.2) is 0 Å². The number of aliphatic carboxylic acids is 1. The van der Waals surface area contributed by atoms with Crippen LogP contribution in [-0.2, 0) is 30.4 Å². The molecule has 0 aliphatic carbocycles. The van der Waals surface area contributed by atoms with Crippen molar-refractivity contribution in [2.75, 3.05) is 38.5 Å². The molecule has 0 radical (unpaired) electrons. The van der Waals surface area contributed by atoms with E-state index in [9.17, 15) is 24.0 Å². The SMILES string of the molecule is NC(N)=NCCC[C@H](NC(=O)CNCCS)C(=O)N1CCC[C@H]1C(=O)N[C@@H](Cc1ccccc1)C(=O)NCC(=O)O. The number of hydrogen-bond acceptors (Lipinski definition) is 8. The van der Waals surface area contributed by atoms with Crippen LogP contribution < -0.4 is 32.7 Å². The van der Waals surface area contributed by atoms with Crippen LogP contribution in [-0.4, -0.2) is 102 Å². The normalized spacial score (nSPS) is 15.8. The van der Waals surface area contributed by atoms with Crippen LogP contribution in [0.25, 0.3) is 0 Å². The predicted molar refractivity (Wildman–Crippen MR) is 156 cm³/mol. The van der Waals surface area contributed by atoms with Gasteiger partial charge in [-0.05, 0) is 31.2 Å². The number of carboxylic acid groups (broad SMARTS) is 1. The van der Waals surface area contributed by atoms with E-state index in [4.69, 9.17) is 16.6 Å². The van der Waals surface area contributed by atoms with E-state index in [0.29, 0.717) is 38.1 Å². The zero-order valence-electron chi connectivity index (χ0n) is 22.9. The summed E-state index contributed by atoms with van der Waals surface area (Å²) in [7, 11) is 0. The molecule has 1 aromatic rings. The van der Waals surface area contributed by atoms with E-state index in [1.165, 1.54) is 4.90 Å². The van der Waals surface area contributed by atoms with Gasteiger partial charge in [0, 0.05) is 31.8 Å². The quantitative estimate of drug-likeness (QED) is 0.0432. The number of rotatable bonds is 17. The van der Waals surface area contributed by atoms with Crippen molar-refractivity contribution in [3.63, 3.8) is 0 Å². The molecule has 1 aromatic carbocycles. The van der Waals surface area contributed by atoms with Gasteiger partial charge in [0.1, 0.15) is 24.7 Å². The molecule has 0 bridgehead atoms. The summed E-state index contributed by atoms with van der Waals surface area (Å²) in [5, 5.41) is 19.6. The third-order valence-corrected chi connectivity index (χ3v) is 6.54. The lowest BCUT2D eigenvalue weighted by molar-refractivity contribution is -0.142. The van der Waals surface area contributed by atoms with E-state index in [1.54, 1.807) is 24.3 Å². The molecule has 3 atom stereocenters. The summed E-state index contributed by atoms with van der Waals surface area (Å²) in [5.74, 6) is -2.76. The molecule has 0 saturated carbocycles. The Morgan fingerprint density at radius 3 is 2.46 bits per heavy atom. The highest BCUT2D eigenvalue weighted by Crippen LogP contribution is 2.20. The second kappa shape index (κ2) is 17.8. The number of benzene rings is 1. The number of nitrogens with one attached hydrogen (secondary N) is 4. The molecular formula is C26H40N8O6S. The van der Waals surface area contributed by atoms with Gasteiger partial charge in [-0.1, -0.05) is 30.3 Å². The summed E-state index contributed by atoms with van der Waals surface area (Å²) in [6.45, 7) is 0.463. The molecule has 1 heterocycles. The number of hydrogen-bond donors (Lipinski definition) is 8.